The number of hydrogen-bond acceptors (Lipinski definition) is 4. The van der Waals surface area contributed by atoms with E-state index in [0.29, 0.717) is 5.69 Å². The fourth-order valence-electron chi connectivity index (χ4n) is 1.02. The number of anilines is 1. The minimum Gasteiger partial charge on any atom is -0.397 e. The lowest BCUT2D eigenvalue weighted by Gasteiger charge is -1.94. The quantitative estimate of drug-likeness (QED) is 0.683. The Morgan fingerprint density at radius 2 is 2.08 bits per heavy atom. The number of rotatable bonds is 1. The number of nitrogen functional groups attached to an aromatic ring is 1. The van der Waals surface area contributed by atoms with Crippen LogP contribution in [0.25, 0.3) is 11.4 Å². The summed E-state index contributed by atoms with van der Waals surface area (Å²) >= 11 is 0. The van der Waals surface area contributed by atoms with Gasteiger partial charge < -0.3 is 5.73 Å². The van der Waals surface area contributed by atoms with Crippen LogP contribution in [-0.2, 0) is 7.05 Å². The van der Waals surface area contributed by atoms with Gasteiger partial charge in [0, 0.05) is 7.05 Å². The largest absolute Gasteiger partial charge is 0.397 e. The lowest BCUT2D eigenvalue weighted by Crippen LogP contribution is -1.92. The molecule has 0 aliphatic carbocycles. The fourth-order valence-corrected chi connectivity index (χ4v) is 1.02. The summed E-state index contributed by atoms with van der Waals surface area (Å²) in [6, 6.07) is 3.61. The molecule has 0 saturated carbocycles. The molecule has 13 heavy (non-hydrogen) atoms. The van der Waals surface area contributed by atoms with Crippen LogP contribution < -0.4 is 5.73 Å². The summed E-state index contributed by atoms with van der Waals surface area (Å²) in [5.41, 5.74) is 7.68. The molecule has 2 aromatic rings. The zero-order valence-corrected chi connectivity index (χ0v) is 7.18. The minimum absolute atomic E-state index is 0.646. The topological polar surface area (TPSA) is 69.6 Å². The van der Waals surface area contributed by atoms with E-state index in [9.17, 15) is 0 Å². The monoisotopic (exact) mass is 175 g/mol. The van der Waals surface area contributed by atoms with Crippen LogP contribution in [-0.4, -0.2) is 20.0 Å². The predicted octanol–water partition coefficient (Wildman–Crippen LogP) is 0.459. The highest BCUT2D eigenvalue weighted by Gasteiger charge is 2.01. The Balaban J connectivity index is 2.41. The van der Waals surface area contributed by atoms with Crippen LogP contribution in [0.1, 0.15) is 0 Å². The van der Waals surface area contributed by atoms with Gasteiger partial charge in [0.05, 0.1) is 23.8 Å². The van der Waals surface area contributed by atoms with Crippen LogP contribution in [0.2, 0.25) is 0 Å². The Labute approximate surface area is 75.2 Å². The van der Waals surface area contributed by atoms with Crippen molar-refractivity contribution in [1.29, 1.82) is 0 Å². The molecule has 2 rings (SSSR count). The number of nitrogens with two attached hydrogens (primary N) is 1. The first-order valence-electron chi connectivity index (χ1n) is 3.84. The molecule has 0 fully saturated rings. The summed E-state index contributed by atoms with van der Waals surface area (Å²) < 4.78 is 0. The van der Waals surface area contributed by atoms with E-state index >= 15 is 0 Å². The van der Waals surface area contributed by atoms with Crippen molar-refractivity contribution in [3.63, 3.8) is 0 Å². The average Bonchev–Trinajstić information content (AvgIpc) is 2.53. The molecule has 0 amide bonds. The molecule has 0 saturated heterocycles. The van der Waals surface area contributed by atoms with Gasteiger partial charge in [0.2, 0.25) is 0 Å². The Morgan fingerprint density at radius 3 is 2.62 bits per heavy atom. The van der Waals surface area contributed by atoms with E-state index in [0.717, 1.165) is 11.4 Å². The van der Waals surface area contributed by atoms with E-state index in [1.54, 1.807) is 25.5 Å². The Morgan fingerprint density at radius 1 is 1.23 bits per heavy atom. The predicted molar refractivity (Wildman–Crippen MR) is 48.6 cm³/mol. The van der Waals surface area contributed by atoms with Crippen molar-refractivity contribution in [2.24, 2.45) is 7.05 Å². The zero-order chi connectivity index (χ0) is 9.26. The SMILES string of the molecule is Cn1ncc(-c2ccc(N)cn2)n1. The van der Waals surface area contributed by atoms with Crippen LogP contribution in [0.4, 0.5) is 5.69 Å². The molecule has 2 N–H and O–H groups in total. The van der Waals surface area contributed by atoms with Crippen LogP contribution in [0.15, 0.2) is 24.5 Å². The maximum absolute atomic E-state index is 5.51. The first-order chi connectivity index (χ1) is 6.25. The number of nitrogens with zero attached hydrogens (tertiary/aromatic N) is 4. The number of hydrogen-bond donors (Lipinski definition) is 1. The van der Waals surface area contributed by atoms with Crippen molar-refractivity contribution in [3.05, 3.63) is 24.5 Å². The number of pyridine rings is 1. The van der Waals surface area contributed by atoms with Crippen LogP contribution in [0, 0.1) is 0 Å². The molecule has 5 heteroatoms. The second kappa shape index (κ2) is 2.85. The summed E-state index contributed by atoms with van der Waals surface area (Å²) in [5.74, 6) is 0. The fraction of sp³-hybridized carbons (Fsp3) is 0.125. The van der Waals surface area contributed by atoms with Crippen molar-refractivity contribution >= 4 is 5.69 Å². The highest BCUT2D eigenvalue weighted by Crippen LogP contribution is 2.12. The third kappa shape index (κ3) is 1.48. The van der Waals surface area contributed by atoms with Gasteiger partial charge >= 0.3 is 0 Å². The molecule has 2 heterocycles. The smallest absolute Gasteiger partial charge is 0.131 e. The van der Waals surface area contributed by atoms with E-state index in [2.05, 4.69) is 15.2 Å². The maximum Gasteiger partial charge on any atom is 0.131 e. The molecule has 0 spiro atoms. The van der Waals surface area contributed by atoms with Gasteiger partial charge in [-0.1, -0.05) is 0 Å². The van der Waals surface area contributed by atoms with E-state index < -0.39 is 0 Å². The molecule has 0 aliphatic heterocycles. The average molecular weight is 175 g/mol. The Kier molecular flexibility index (Phi) is 1.70. The van der Waals surface area contributed by atoms with Gasteiger partial charge in [-0.25, -0.2) is 0 Å². The minimum atomic E-state index is 0.646. The van der Waals surface area contributed by atoms with E-state index in [-0.39, 0.29) is 0 Å². The van der Waals surface area contributed by atoms with Gasteiger partial charge in [-0.3, -0.25) is 4.98 Å². The first-order valence-corrected chi connectivity index (χ1v) is 3.84. The molecule has 5 nitrogen and oxygen atoms in total. The third-order valence-electron chi connectivity index (χ3n) is 1.65. The molecule has 0 bridgehead atoms. The summed E-state index contributed by atoms with van der Waals surface area (Å²) in [4.78, 5) is 5.61. The maximum atomic E-state index is 5.51. The van der Waals surface area contributed by atoms with E-state index in [1.165, 1.54) is 4.80 Å². The van der Waals surface area contributed by atoms with Crippen molar-refractivity contribution in [3.8, 4) is 11.4 Å². The second-order valence-corrected chi connectivity index (χ2v) is 2.70. The summed E-state index contributed by atoms with van der Waals surface area (Å²) in [5, 5.41) is 8.06. The molecular weight excluding hydrogens is 166 g/mol. The lowest BCUT2D eigenvalue weighted by molar-refractivity contribution is 0.655. The molecule has 0 aliphatic rings. The standard InChI is InChI=1S/C8H9N5/c1-13-11-5-8(12-13)7-3-2-6(9)4-10-7/h2-5H,9H2,1H3. The van der Waals surface area contributed by atoms with Crippen LogP contribution in [0.5, 0.6) is 0 Å². The molecular formula is C8H9N5. The van der Waals surface area contributed by atoms with Crippen molar-refractivity contribution in [1.82, 2.24) is 20.0 Å². The lowest BCUT2D eigenvalue weighted by atomic mass is 10.3. The highest BCUT2D eigenvalue weighted by molar-refractivity contribution is 5.54. The third-order valence-corrected chi connectivity index (χ3v) is 1.65. The van der Waals surface area contributed by atoms with E-state index in [4.69, 9.17) is 5.73 Å². The molecule has 0 radical (unpaired) electrons. The van der Waals surface area contributed by atoms with Crippen molar-refractivity contribution in [2.45, 2.75) is 0 Å². The molecule has 0 unspecified atom stereocenters. The molecule has 0 atom stereocenters. The number of aryl methyl sites for hydroxylation is 1. The van der Waals surface area contributed by atoms with Gasteiger partial charge in [0.15, 0.2) is 0 Å². The van der Waals surface area contributed by atoms with Crippen molar-refractivity contribution in [2.75, 3.05) is 5.73 Å². The van der Waals surface area contributed by atoms with Gasteiger partial charge in [0.25, 0.3) is 0 Å². The van der Waals surface area contributed by atoms with Crippen LogP contribution >= 0.6 is 0 Å². The first kappa shape index (κ1) is 7.72. The summed E-state index contributed by atoms with van der Waals surface area (Å²) in [7, 11) is 1.76. The molecule has 66 valence electrons. The Hall–Kier alpha value is -1.91. The second-order valence-electron chi connectivity index (χ2n) is 2.70. The summed E-state index contributed by atoms with van der Waals surface area (Å²) in [6.07, 6.45) is 3.27. The van der Waals surface area contributed by atoms with Gasteiger partial charge in [-0.05, 0) is 12.1 Å². The highest BCUT2D eigenvalue weighted by atomic mass is 15.4. The van der Waals surface area contributed by atoms with Crippen molar-refractivity contribution < 1.29 is 0 Å². The molecule has 2 aromatic heterocycles. The normalized spacial score (nSPS) is 10.2. The van der Waals surface area contributed by atoms with E-state index in [1.807, 2.05) is 6.07 Å². The zero-order valence-electron chi connectivity index (χ0n) is 7.18. The van der Waals surface area contributed by atoms with Gasteiger partial charge in [-0.2, -0.15) is 15.0 Å². The number of aromatic nitrogens is 4. The molecule has 0 aromatic carbocycles. The van der Waals surface area contributed by atoms with Crippen LogP contribution in [0.3, 0.4) is 0 Å². The summed E-state index contributed by atoms with van der Waals surface area (Å²) in [6.45, 7) is 0. The van der Waals surface area contributed by atoms with Gasteiger partial charge in [0.1, 0.15) is 5.69 Å². The Bertz CT molecular complexity index is 403. The van der Waals surface area contributed by atoms with Gasteiger partial charge in [-0.15, -0.1) is 0 Å².